The molecule has 0 amide bonds. The molecule has 3 rings (SSSR count). The molecule has 0 heterocycles. The first kappa shape index (κ1) is 16.1. The third-order valence-electron chi connectivity index (χ3n) is 7.91. The minimum absolute atomic E-state index is 0.0974. The van der Waals surface area contributed by atoms with Crippen LogP contribution in [0.5, 0.6) is 0 Å². The summed E-state index contributed by atoms with van der Waals surface area (Å²) in [5.74, 6) is 0.293. The lowest BCUT2D eigenvalue weighted by atomic mass is 9.39. The predicted octanol–water partition coefficient (Wildman–Crippen LogP) is 5.29. The van der Waals surface area contributed by atoms with Gasteiger partial charge in [0.1, 0.15) is 0 Å². The average molecular weight is 304 g/mol. The van der Waals surface area contributed by atoms with Crippen LogP contribution in [0.1, 0.15) is 72.6 Å². The summed E-state index contributed by atoms with van der Waals surface area (Å²) in [5, 5.41) is 9.83. The number of hydrogen-bond donors (Lipinski definition) is 1. The van der Waals surface area contributed by atoms with E-state index in [9.17, 15) is 9.90 Å². The summed E-state index contributed by atoms with van der Waals surface area (Å²) in [5.41, 5.74) is 1.58. The number of carboxylic acids is 1. The van der Waals surface area contributed by atoms with E-state index in [0.717, 1.165) is 30.8 Å². The number of rotatable bonds is 1. The lowest BCUT2D eigenvalue weighted by molar-refractivity contribution is -0.172. The molecule has 0 aromatic rings. The minimum atomic E-state index is -0.644. The SMILES string of the molecule is C=C1CC[C@H]2[C@@](C)(CC[C@H]3C(C)(C)CCC[C@]23C)[C@@H]1C(=O)O. The Morgan fingerprint density at radius 1 is 1.05 bits per heavy atom. The van der Waals surface area contributed by atoms with Gasteiger partial charge in [0.15, 0.2) is 0 Å². The van der Waals surface area contributed by atoms with E-state index in [1.54, 1.807) is 0 Å². The Morgan fingerprint density at radius 3 is 2.36 bits per heavy atom. The molecule has 0 unspecified atom stereocenters. The molecule has 5 atom stereocenters. The van der Waals surface area contributed by atoms with Gasteiger partial charge in [-0.2, -0.15) is 0 Å². The maximum Gasteiger partial charge on any atom is 0.311 e. The summed E-state index contributed by atoms with van der Waals surface area (Å²) >= 11 is 0. The fraction of sp³-hybridized carbons (Fsp3) is 0.850. The fourth-order valence-corrected chi connectivity index (χ4v) is 7.09. The van der Waals surface area contributed by atoms with Gasteiger partial charge < -0.3 is 5.11 Å². The Hall–Kier alpha value is -0.790. The molecule has 0 bridgehead atoms. The lowest BCUT2D eigenvalue weighted by Gasteiger charge is -2.65. The van der Waals surface area contributed by atoms with Crippen LogP contribution < -0.4 is 0 Å². The van der Waals surface area contributed by atoms with E-state index in [-0.39, 0.29) is 11.3 Å². The van der Waals surface area contributed by atoms with Crippen molar-refractivity contribution in [1.82, 2.24) is 0 Å². The molecular formula is C20H32O2. The van der Waals surface area contributed by atoms with Crippen molar-refractivity contribution in [3.05, 3.63) is 12.2 Å². The molecule has 0 spiro atoms. The van der Waals surface area contributed by atoms with Crippen molar-refractivity contribution in [3.63, 3.8) is 0 Å². The van der Waals surface area contributed by atoms with Crippen molar-refractivity contribution in [2.45, 2.75) is 72.6 Å². The first-order valence-electron chi connectivity index (χ1n) is 9.03. The summed E-state index contributed by atoms with van der Waals surface area (Å²) in [6, 6.07) is 0. The molecule has 0 aromatic carbocycles. The summed E-state index contributed by atoms with van der Waals surface area (Å²) in [4.78, 5) is 12.0. The van der Waals surface area contributed by atoms with E-state index in [1.165, 1.54) is 25.7 Å². The standard InChI is InChI=1S/C20H32O2/c1-13-7-8-15-19(4)11-6-10-18(2,3)14(19)9-12-20(15,5)16(13)17(21)22/h14-16H,1,6-12H2,2-5H3,(H,21,22)/t14-,15+,16-,19-,20+/m0/s1. The van der Waals surface area contributed by atoms with Gasteiger partial charge in [-0.1, -0.05) is 46.3 Å². The van der Waals surface area contributed by atoms with E-state index >= 15 is 0 Å². The Bertz CT molecular complexity index is 506. The monoisotopic (exact) mass is 304 g/mol. The molecule has 3 aliphatic carbocycles. The quantitative estimate of drug-likeness (QED) is 0.669. The van der Waals surface area contributed by atoms with Crippen LogP contribution in [0.2, 0.25) is 0 Å². The summed E-state index contributed by atoms with van der Waals surface area (Å²) in [6.45, 7) is 13.7. The van der Waals surface area contributed by atoms with E-state index in [0.29, 0.717) is 16.7 Å². The van der Waals surface area contributed by atoms with Crippen molar-refractivity contribution in [2.75, 3.05) is 0 Å². The maximum atomic E-state index is 12.0. The Labute approximate surface area is 135 Å². The molecule has 0 aliphatic heterocycles. The van der Waals surface area contributed by atoms with Crippen LogP contribution in [-0.4, -0.2) is 11.1 Å². The number of aliphatic carboxylic acids is 1. The molecule has 3 aliphatic rings. The van der Waals surface area contributed by atoms with E-state index < -0.39 is 5.97 Å². The Kier molecular flexibility index (Phi) is 3.55. The molecule has 0 aromatic heterocycles. The number of carbonyl (C=O) groups is 1. The Balaban J connectivity index is 2.04. The predicted molar refractivity (Wildman–Crippen MR) is 89.6 cm³/mol. The second kappa shape index (κ2) is 4.85. The number of hydrogen-bond acceptors (Lipinski definition) is 1. The van der Waals surface area contributed by atoms with Crippen molar-refractivity contribution < 1.29 is 9.90 Å². The molecule has 1 N–H and O–H groups in total. The second-order valence-corrected chi connectivity index (χ2v) is 9.47. The smallest absolute Gasteiger partial charge is 0.311 e. The highest BCUT2D eigenvalue weighted by molar-refractivity contribution is 5.75. The average Bonchev–Trinajstić information content (AvgIpc) is 2.35. The zero-order chi connectivity index (χ0) is 16.3. The van der Waals surface area contributed by atoms with Gasteiger partial charge >= 0.3 is 5.97 Å². The molecule has 2 nitrogen and oxygen atoms in total. The van der Waals surface area contributed by atoms with Gasteiger partial charge in [-0.3, -0.25) is 4.79 Å². The van der Waals surface area contributed by atoms with Crippen LogP contribution in [0.25, 0.3) is 0 Å². The third-order valence-corrected chi connectivity index (χ3v) is 7.91. The number of carboxylic acid groups (broad SMARTS) is 1. The first-order chi connectivity index (χ1) is 10.1. The molecule has 3 fully saturated rings. The molecule has 124 valence electrons. The molecule has 2 heteroatoms. The van der Waals surface area contributed by atoms with E-state index in [2.05, 4.69) is 34.3 Å². The zero-order valence-corrected chi connectivity index (χ0v) is 14.7. The van der Waals surface area contributed by atoms with Crippen molar-refractivity contribution >= 4 is 5.97 Å². The fourth-order valence-electron chi connectivity index (χ4n) is 7.09. The molecule has 22 heavy (non-hydrogen) atoms. The summed E-state index contributed by atoms with van der Waals surface area (Å²) < 4.78 is 0. The van der Waals surface area contributed by atoms with Crippen molar-refractivity contribution in [1.29, 1.82) is 0 Å². The molecule has 0 saturated heterocycles. The second-order valence-electron chi connectivity index (χ2n) is 9.47. The van der Waals surface area contributed by atoms with E-state index in [1.807, 2.05) is 0 Å². The number of fused-ring (bicyclic) bond motifs is 3. The van der Waals surface area contributed by atoms with Crippen LogP contribution >= 0.6 is 0 Å². The van der Waals surface area contributed by atoms with Crippen LogP contribution in [0, 0.1) is 34.0 Å². The zero-order valence-electron chi connectivity index (χ0n) is 14.7. The lowest BCUT2D eigenvalue weighted by Crippen LogP contribution is -2.59. The highest BCUT2D eigenvalue weighted by atomic mass is 16.4. The van der Waals surface area contributed by atoms with Gasteiger partial charge in [0.05, 0.1) is 5.92 Å². The summed E-state index contributed by atoms with van der Waals surface area (Å²) in [7, 11) is 0. The largest absolute Gasteiger partial charge is 0.481 e. The third kappa shape index (κ3) is 2.02. The van der Waals surface area contributed by atoms with Crippen molar-refractivity contribution in [3.8, 4) is 0 Å². The molecular weight excluding hydrogens is 272 g/mol. The van der Waals surface area contributed by atoms with E-state index in [4.69, 9.17) is 0 Å². The molecule has 3 saturated carbocycles. The van der Waals surface area contributed by atoms with Gasteiger partial charge in [0.2, 0.25) is 0 Å². The highest BCUT2D eigenvalue weighted by Crippen LogP contribution is 2.68. The highest BCUT2D eigenvalue weighted by Gasteiger charge is 2.62. The Morgan fingerprint density at radius 2 is 1.73 bits per heavy atom. The summed E-state index contributed by atoms with van der Waals surface area (Å²) in [6.07, 6.45) is 8.18. The maximum absolute atomic E-state index is 12.0. The van der Waals surface area contributed by atoms with Crippen LogP contribution in [0.4, 0.5) is 0 Å². The van der Waals surface area contributed by atoms with Gasteiger partial charge in [0, 0.05) is 0 Å². The van der Waals surface area contributed by atoms with Gasteiger partial charge in [-0.25, -0.2) is 0 Å². The van der Waals surface area contributed by atoms with Gasteiger partial charge in [0.25, 0.3) is 0 Å². The van der Waals surface area contributed by atoms with Gasteiger partial charge in [-0.05, 0) is 66.6 Å². The normalized spacial score (nSPS) is 47.5. The van der Waals surface area contributed by atoms with Crippen LogP contribution in [0.15, 0.2) is 12.2 Å². The first-order valence-corrected chi connectivity index (χ1v) is 9.03. The van der Waals surface area contributed by atoms with Crippen LogP contribution in [0.3, 0.4) is 0 Å². The minimum Gasteiger partial charge on any atom is -0.481 e. The van der Waals surface area contributed by atoms with Crippen molar-refractivity contribution in [2.24, 2.45) is 34.0 Å². The van der Waals surface area contributed by atoms with Gasteiger partial charge in [-0.15, -0.1) is 0 Å². The topological polar surface area (TPSA) is 37.3 Å². The molecule has 0 radical (unpaired) electrons. The van der Waals surface area contributed by atoms with Crippen LogP contribution in [-0.2, 0) is 4.79 Å².